The summed E-state index contributed by atoms with van der Waals surface area (Å²) in [6.07, 6.45) is 0. The molecule has 6 rings (SSSR count). The van der Waals surface area contributed by atoms with Crippen LogP contribution in [0.1, 0.15) is 22.3 Å². The molecule has 0 amide bonds. The Morgan fingerprint density at radius 3 is 0.972 bits per heavy atom. The van der Waals surface area contributed by atoms with Crippen LogP contribution in [0.5, 0.6) is 0 Å². The molecule has 8 heteroatoms. The molecule has 4 aromatic rings. The van der Waals surface area contributed by atoms with Crippen LogP contribution >= 0.6 is 0 Å². The Bertz CT molecular complexity index is 1250. The summed E-state index contributed by atoms with van der Waals surface area (Å²) in [7, 11) is -6.14. The summed E-state index contributed by atoms with van der Waals surface area (Å²) < 4.78 is 23.6. The van der Waals surface area contributed by atoms with Gasteiger partial charge in [0.2, 0.25) is 0 Å². The number of carbonyl (C=O) groups is 2. The Hall–Kier alpha value is -4.08. The fourth-order valence-corrected chi connectivity index (χ4v) is 7.73. The summed E-state index contributed by atoms with van der Waals surface area (Å²) in [5, 5.41) is 0. The number of hydrogen-bond acceptors (Lipinski definition) is 7. The summed E-state index contributed by atoms with van der Waals surface area (Å²) in [5.74, 6) is -1.89. The Labute approximate surface area is 207 Å². The molecule has 0 radical (unpaired) electrons. The first-order valence-corrected chi connectivity index (χ1v) is 13.5. The summed E-state index contributed by atoms with van der Waals surface area (Å²) in [6.45, 7) is 0. The van der Waals surface area contributed by atoms with Gasteiger partial charge in [-0.25, -0.2) is 0 Å². The van der Waals surface area contributed by atoms with Crippen molar-refractivity contribution in [3.8, 4) is 0 Å². The predicted octanol–water partition coefficient (Wildman–Crippen LogP) is 3.90. The first kappa shape index (κ1) is 22.4. The van der Waals surface area contributed by atoms with E-state index in [-0.39, 0.29) is 0 Å². The molecule has 2 saturated heterocycles. The van der Waals surface area contributed by atoms with Crippen molar-refractivity contribution in [2.45, 2.75) is 11.2 Å². The quantitative estimate of drug-likeness (QED) is 0.428. The molecule has 0 saturated carbocycles. The molecule has 36 heavy (non-hydrogen) atoms. The minimum atomic E-state index is -6.14. The normalized spacial score (nSPS) is 21.8. The number of carbonyl (C=O) groups excluding carboxylic acids is 2. The van der Waals surface area contributed by atoms with E-state index in [0.717, 1.165) is 0 Å². The van der Waals surface area contributed by atoms with Crippen molar-refractivity contribution < 1.29 is 32.1 Å². The Morgan fingerprint density at radius 1 is 0.472 bits per heavy atom. The van der Waals surface area contributed by atoms with Crippen LogP contribution in [0, 0.1) is 0 Å². The van der Waals surface area contributed by atoms with Gasteiger partial charge in [0.25, 0.3) is 0 Å². The molecule has 2 fully saturated rings. The number of hydrogen-bond donors (Lipinski definition) is 1. The van der Waals surface area contributed by atoms with Crippen molar-refractivity contribution in [3.63, 3.8) is 0 Å². The van der Waals surface area contributed by atoms with Crippen LogP contribution in [0.15, 0.2) is 121 Å². The van der Waals surface area contributed by atoms with Crippen molar-refractivity contribution in [1.29, 1.82) is 0 Å². The van der Waals surface area contributed by atoms with Gasteiger partial charge in [-0.2, -0.15) is 0 Å². The van der Waals surface area contributed by atoms with E-state index in [1.165, 1.54) is 0 Å². The minimum absolute atomic E-state index is 0.388. The van der Waals surface area contributed by atoms with Crippen LogP contribution in [0.3, 0.4) is 0 Å². The van der Waals surface area contributed by atoms with Crippen LogP contribution in [-0.2, 0) is 38.5 Å². The fraction of sp³-hybridized carbons (Fsp3) is 0.0714. The van der Waals surface area contributed by atoms with Gasteiger partial charge >= 0.3 is 207 Å². The molecule has 180 valence electrons. The average Bonchev–Trinajstić information content (AvgIpc) is 3.32. The second kappa shape index (κ2) is 7.71. The zero-order valence-corrected chi connectivity index (χ0v) is 19.9. The zero-order chi connectivity index (χ0) is 24.9. The summed E-state index contributed by atoms with van der Waals surface area (Å²) in [4.78, 5) is 39.4. The topological polar surface area (TPSA) is 91.3 Å². The summed E-state index contributed by atoms with van der Waals surface area (Å²) in [5.41, 5.74) is -2.29. The van der Waals surface area contributed by atoms with Crippen molar-refractivity contribution in [2.24, 2.45) is 0 Å². The van der Waals surface area contributed by atoms with Gasteiger partial charge in [0.05, 0.1) is 0 Å². The molecular formula is C28H21O7Si-. The SMILES string of the molecule is O=C1O[Si-]2(O)(OC(=O)C(c3ccccc3)(c3ccccc3)O2)OC1(c1ccccc1)c1ccccc1. The van der Waals surface area contributed by atoms with Crippen LogP contribution < -0.4 is 0 Å². The fourth-order valence-electron chi connectivity index (χ4n) is 4.91. The molecule has 1 N–H and O–H groups in total. The van der Waals surface area contributed by atoms with Gasteiger partial charge in [-0.3, -0.25) is 0 Å². The monoisotopic (exact) mass is 497 g/mol. The third-order valence-corrected chi connectivity index (χ3v) is 8.82. The van der Waals surface area contributed by atoms with Crippen molar-refractivity contribution in [1.82, 2.24) is 0 Å². The molecule has 2 heterocycles. The molecule has 2 aliphatic heterocycles. The van der Waals surface area contributed by atoms with Crippen LogP contribution in [0.4, 0.5) is 0 Å². The zero-order valence-electron chi connectivity index (χ0n) is 18.9. The molecular weight excluding hydrogens is 476 g/mol. The van der Waals surface area contributed by atoms with Gasteiger partial charge in [0.1, 0.15) is 0 Å². The van der Waals surface area contributed by atoms with Gasteiger partial charge in [0, 0.05) is 0 Å². The van der Waals surface area contributed by atoms with Gasteiger partial charge in [0.15, 0.2) is 0 Å². The Morgan fingerprint density at radius 2 is 0.722 bits per heavy atom. The molecule has 1 spiro atoms. The van der Waals surface area contributed by atoms with Crippen LogP contribution in [-0.4, -0.2) is 25.3 Å². The molecule has 0 atom stereocenters. The first-order valence-electron chi connectivity index (χ1n) is 11.4. The van der Waals surface area contributed by atoms with E-state index in [1.54, 1.807) is 121 Å². The first-order chi connectivity index (χ1) is 17.4. The van der Waals surface area contributed by atoms with Crippen LogP contribution in [0.25, 0.3) is 0 Å². The van der Waals surface area contributed by atoms with Gasteiger partial charge < -0.3 is 0 Å². The predicted molar refractivity (Wildman–Crippen MR) is 130 cm³/mol. The molecule has 7 nitrogen and oxygen atoms in total. The summed E-state index contributed by atoms with van der Waals surface area (Å²) >= 11 is 0. The van der Waals surface area contributed by atoms with Gasteiger partial charge in [-0.1, -0.05) is 0 Å². The maximum absolute atomic E-state index is 13.7. The van der Waals surface area contributed by atoms with Crippen molar-refractivity contribution >= 4 is 20.5 Å². The molecule has 0 bridgehead atoms. The van der Waals surface area contributed by atoms with Crippen molar-refractivity contribution in [3.05, 3.63) is 144 Å². The maximum atomic E-state index is 13.7. The van der Waals surface area contributed by atoms with E-state index >= 15 is 0 Å². The number of benzene rings is 4. The molecule has 4 aromatic carbocycles. The van der Waals surface area contributed by atoms with E-state index in [2.05, 4.69) is 0 Å². The Balaban J connectivity index is 1.56. The summed E-state index contributed by atoms with van der Waals surface area (Å²) in [6, 6.07) is 34.4. The second-order valence-corrected chi connectivity index (χ2v) is 11.2. The van der Waals surface area contributed by atoms with E-state index in [9.17, 15) is 14.4 Å². The second-order valence-electron chi connectivity index (χ2n) is 8.67. The third kappa shape index (κ3) is 3.09. The molecule has 2 aliphatic rings. The molecule has 0 unspecified atom stereocenters. The van der Waals surface area contributed by atoms with Crippen molar-refractivity contribution in [2.75, 3.05) is 0 Å². The van der Waals surface area contributed by atoms with Gasteiger partial charge in [-0.05, 0) is 0 Å². The average molecular weight is 498 g/mol. The van der Waals surface area contributed by atoms with Gasteiger partial charge in [-0.15, -0.1) is 0 Å². The third-order valence-electron chi connectivity index (χ3n) is 6.47. The van der Waals surface area contributed by atoms with E-state index in [4.69, 9.17) is 17.7 Å². The van der Waals surface area contributed by atoms with Crippen LogP contribution in [0.2, 0.25) is 0 Å². The Kier molecular flexibility index (Phi) is 4.79. The van der Waals surface area contributed by atoms with E-state index in [0.29, 0.717) is 22.3 Å². The van der Waals surface area contributed by atoms with E-state index in [1.807, 2.05) is 0 Å². The standard InChI is InChI=1S/C28H21O7Si/c29-25-27(21-13-5-1-6-14-21,22-15-7-2-8-16-22)34-36(31,32-25)33-26(30)28(35-36,23-17-9-3-10-18-23)24-19-11-4-12-20-24/h1-20,31H/q-1. The van der Waals surface area contributed by atoms with E-state index < -0.39 is 31.7 Å². The number of rotatable bonds is 4. The molecule has 0 aromatic heterocycles. The molecule has 0 aliphatic carbocycles.